The van der Waals surface area contributed by atoms with Crippen LogP contribution in [0.25, 0.3) is 6.08 Å². The van der Waals surface area contributed by atoms with Crippen LogP contribution in [0, 0.1) is 0 Å². The number of benzene rings is 3. The molecule has 0 amide bonds. The maximum Gasteiger partial charge on any atom is 0.126 e. The Morgan fingerprint density at radius 3 is 1.83 bits per heavy atom. The van der Waals surface area contributed by atoms with Crippen LogP contribution in [-0.4, -0.2) is 36.2 Å². The van der Waals surface area contributed by atoms with Crippen LogP contribution in [0.15, 0.2) is 91.0 Å². The Morgan fingerprint density at radius 1 is 0.759 bits per heavy atom. The van der Waals surface area contributed by atoms with E-state index in [0.29, 0.717) is 0 Å². The highest BCUT2D eigenvalue weighted by Gasteiger charge is 2.29. The molecule has 1 fully saturated rings. The van der Waals surface area contributed by atoms with Crippen molar-refractivity contribution in [3.8, 4) is 5.75 Å². The molecule has 3 aromatic carbocycles. The molecule has 0 aliphatic carbocycles. The van der Waals surface area contributed by atoms with Crippen molar-refractivity contribution in [1.82, 2.24) is 9.80 Å². The number of para-hydroxylation sites is 1. The molecular formula is C26H28N2O. The van der Waals surface area contributed by atoms with E-state index in [2.05, 4.69) is 94.7 Å². The van der Waals surface area contributed by atoms with Gasteiger partial charge in [-0.2, -0.15) is 0 Å². The van der Waals surface area contributed by atoms with Gasteiger partial charge in [-0.15, -0.1) is 0 Å². The summed E-state index contributed by atoms with van der Waals surface area (Å²) in [5.41, 5.74) is 3.82. The molecule has 0 saturated carbocycles. The summed E-state index contributed by atoms with van der Waals surface area (Å²) in [6.45, 7) is 4.02. The van der Waals surface area contributed by atoms with Gasteiger partial charge in [0, 0.05) is 31.7 Å². The molecule has 29 heavy (non-hydrogen) atoms. The molecule has 0 spiro atoms. The Labute approximate surface area is 173 Å². The van der Waals surface area contributed by atoms with Gasteiger partial charge in [0.2, 0.25) is 0 Å². The minimum atomic E-state index is 0.250. The summed E-state index contributed by atoms with van der Waals surface area (Å²) in [5, 5.41) is 0. The van der Waals surface area contributed by atoms with Crippen LogP contribution >= 0.6 is 0 Å². The Bertz CT molecular complexity index is 874. The Hall–Kier alpha value is -2.88. The van der Waals surface area contributed by atoms with Crippen molar-refractivity contribution in [1.29, 1.82) is 0 Å². The fraction of sp³-hybridized carbons (Fsp3) is 0.231. The number of rotatable bonds is 7. The first kappa shape index (κ1) is 19.4. The van der Waals surface area contributed by atoms with Crippen molar-refractivity contribution < 1.29 is 4.74 Å². The lowest BCUT2D eigenvalue weighted by Gasteiger charge is -2.28. The molecule has 148 valence electrons. The first-order valence-corrected chi connectivity index (χ1v) is 10.2. The molecule has 3 nitrogen and oxygen atoms in total. The second-order valence-corrected chi connectivity index (χ2v) is 7.43. The van der Waals surface area contributed by atoms with Gasteiger partial charge < -0.3 is 4.74 Å². The molecule has 1 aliphatic rings. The normalized spacial score (nSPS) is 15.9. The molecular weight excluding hydrogens is 356 g/mol. The van der Waals surface area contributed by atoms with Gasteiger partial charge in [0.15, 0.2) is 0 Å². The van der Waals surface area contributed by atoms with E-state index >= 15 is 0 Å². The van der Waals surface area contributed by atoms with Crippen LogP contribution < -0.4 is 4.74 Å². The van der Waals surface area contributed by atoms with Crippen molar-refractivity contribution in [3.05, 3.63) is 108 Å². The lowest BCUT2D eigenvalue weighted by Crippen LogP contribution is -2.36. The lowest BCUT2D eigenvalue weighted by molar-refractivity contribution is 0.168. The van der Waals surface area contributed by atoms with Gasteiger partial charge in [-0.05, 0) is 17.2 Å². The van der Waals surface area contributed by atoms with Gasteiger partial charge in [0.1, 0.15) is 5.75 Å². The van der Waals surface area contributed by atoms with E-state index in [4.69, 9.17) is 4.74 Å². The number of nitrogens with zero attached hydrogens (tertiary/aromatic N) is 2. The second kappa shape index (κ2) is 9.55. The largest absolute Gasteiger partial charge is 0.496 e. The molecule has 1 aliphatic heterocycles. The molecule has 1 saturated heterocycles. The summed E-state index contributed by atoms with van der Waals surface area (Å²) in [4.78, 5) is 5.09. The zero-order chi connectivity index (χ0) is 19.9. The van der Waals surface area contributed by atoms with Gasteiger partial charge >= 0.3 is 0 Å². The monoisotopic (exact) mass is 384 g/mol. The quantitative estimate of drug-likeness (QED) is 0.567. The smallest absolute Gasteiger partial charge is 0.126 e. The van der Waals surface area contributed by atoms with E-state index in [1.165, 1.54) is 11.1 Å². The summed E-state index contributed by atoms with van der Waals surface area (Å²) in [5.74, 6) is 0.908. The van der Waals surface area contributed by atoms with E-state index in [0.717, 1.165) is 37.5 Å². The third-order valence-corrected chi connectivity index (χ3v) is 5.47. The van der Waals surface area contributed by atoms with Gasteiger partial charge in [-0.3, -0.25) is 9.80 Å². The minimum Gasteiger partial charge on any atom is -0.496 e. The van der Waals surface area contributed by atoms with E-state index in [-0.39, 0.29) is 6.17 Å². The van der Waals surface area contributed by atoms with Crippen molar-refractivity contribution in [2.75, 3.05) is 20.2 Å². The van der Waals surface area contributed by atoms with Crippen molar-refractivity contribution in [2.45, 2.75) is 19.3 Å². The highest BCUT2D eigenvalue weighted by Crippen LogP contribution is 2.24. The first-order chi connectivity index (χ1) is 14.3. The van der Waals surface area contributed by atoms with Crippen LogP contribution in [0.4, 0.5) is 0 Å². The Balaban J connectivity index is 1.57. The van der Waals surface area contributed by atoms with Gasteiger partial charge in [0.05, 0.1) is 13.3 Å². The number of hydrogen-bond acceptors (Lipinski definition) is 3. The van der Waals surface area contributed by atoms with E-state index in [1.54, 1.807) is 7.11 Å². The van der Waals surface area contributed by atoms with E-state index in [1.807, 2.05) is 12.1 Å². The van der Waals surface area contributed by atoms with Gasteiger partial charge in [0.25, 0.3) is 0 Å². The fourth-order valence-electron chi connectivity index (χ4n) is 3.97. The number of ether oxygens (including phenoxy) is 1. The minimum absolute atomic E-state index is 0.250. The second-order valence-electron chi connectivity index (χ2n) is 7.43. The van der Waals surface area contributed by atoms with Crippen molar-refractivity contribution >= 4 is 6.08 Å². The molecule has 0 radical (unpaired) electrons. The third kappa shape index (κ3) is 4.94. The molecule has 0 bridgehead atoms. The number of methoxy groups -OCH3 is 1. The van der Waals surface area contributed by atoms with Crippen LogP contribution in [0.2, 0.25) is 0 Å². The molecule has 1 heterocycles. The van der Waals surface area contributed by atoms with Crippen molar-refractivity contribution in [2.24, 2.45) is 0 Å². The summed E-state index contributed by atoms with van der Waals surface area (Å²) in [7, 11) is 1.73. The summed E-state index contributed by atoms with van der Waals surface area (Å²) in [6.07, 6.45) is 4.77. The number of hydrogen-bond donors (Lipinski definition) is 0. The third-order valence-electron chi connectivity index (χ3n) is 5.47. The standard InChI is InChI=1S/C26H28N2O/c1-29-25-15-9-8-14-24(25)16-17-26-27(20-22-10-4-2-5-11-22)18-19-28(26)21-23-12-6-3-7-13-23/h2-17,26H,18-21H2,1H3/b17-16+. The van der Waals surface area contributed by atoms with E-state index in [9.17, 15) is 0 Å². The molecule has 0 unspecified atom stereocenters. The predicted molar refractivity (Wildman–Crippen MR) is 120 cm³/mol. The average Bonchev–Trinajstić information content (AvgIpc) is 3.14. The maximum atomic E-state index is 5.53. The predicted octanol–water partition coefficient (Wildman–Crippen LogP) is 5.05. The first-order valence-electron chi connectivity index (χ1n) is 10.2. The zero-order valence-corrected chi connectivity index (χ0v) is 16.9. The topological polar surface area (TPSA) is 15.7 Å². The molecule has 0 N–H and O–H groups in total. The molecule has 0 aromatic heterocycles. The average molecular weight is 385 g/mol. The summed E-state index contributed by atoms with van der Waals surface area (Å²) in [6, 6.07) is 29.6. The van der Waals surface area contributed by atoms with E-state index < -0.39 is 0 Å². The Kier molecular flexibility index (Phi) is 6.40. The lowest BCUT2D eigenvalue weighted by atomic mass is 10.1. The highest BCUT2D eigenvalue weighted by molar-refractivity contribution is 5.57. The fourth-order valence-corrected chi connectivity index (χ4v) is 3.97. The summed E-state index contributed by atoms with van der Waals surface area (Å²) < 4.78 is 5.53. The highest BCUT2D eigenvalue weighted by atomic mass is 16.5. The molecule has 0 atom stereocenters. The van der Waals surface area contributed by atoms with Crippen molar-refractivity contribution in [3.63, 3.8) is 0 Å². The summed E-state index contributed by atoms with van der Waals surface area (Å²) >= 11 is 0. The SMILES string of the molecule is COc1ccccc1/C=C/C1N(Cc2ccccc2)CCN1Cc1ccccc1. The molecule has 3 aromatic rings. The zero-order valence-electron chi connectivity index (χ0n) is 16.9. The Morgan fingerprint density at radius 2 is 1.28 bits per heavy atom. The van der Waals surface area contributed by atoms with Crippen LogP contribution in [0.3, 0.4) is 0 Å². The molecule has 4 rings (SSSR count). The van der Waals surface area contributed by atoms with Crippen LogP contribution in [0.5, 0.6) is 5.75 Å². The maximum absolute atomic E-state index is 5.53. The molecule has 3 heteroatoms. The van der Waals surface area contributed by atoms with Crippen LogP contribution in [0.1, 0.15) is 16.7 Å². The van der Waals surface area contributed by atoms with Gasteiger partial charge in [-0.1, -0.05) is 91.0 Å². The van der Waals surface area contributed by atoms with Gasteiger partial charge in [-0.25, -0.2) is 0 Å². The van der Waals surface area contributed by atoms with Crippen LogP contribution in [-0.2, 0) is 13.1 Å².